The maximum Gasteiger partial charge on any atom is 0.162 e. The van der Waals surface area contributed by atoms with Gasteiger partial charge in [0.1, 0.15) is 24.2 Å². The lowest BCUT2D eigenvalue weighted by molar-refractivity contribution is 0.0738. The summed E-state index contributed by atoms with van der Waals surface area (Å²) in [6.07, 6.45) is 2.99. The summed E-state index contributed by atoms with van der Waals surface area (Å²) < 4.78 is 23.8. The molecule has 30 heavy (non-hydrogen) atoms. The largest absolute Gasteiger partial charge is 0.494 e. The van der Waals surface area contributed by atoms with Crippen molar-refractivity contribution in [1.29, 1.82) is 0 Å². The number of hydrogen-bond donors (Lipinski definition) is 0. The predicted molar refractivity (Wildman–Crippen MR) is 121 cm³/mol. The first kappa shape index (κ1) is 22.3. The molecule has 0 spiro atoms. The summed E-state index contributed by atoms with van der Waals surface area (Å²) in [7, 11) is 0. The molecule has 0 N–H and O–H groups in total. The lowest BCUT2D eigenvalue weighted by atomic mass is 9.94. The second-order valence-corrected chi connectivity index (χ2v) is 8.61. The molecule has 2 atom stereocenters. The van der Waals surface area contributed by atoms with Gasteiger partial charge in [0.05, 0.1) is 13.2 Å². The van der Waals surface area contributed by atoms with Gasteiger partial charge in [-0.3, -0.25) is 0 Å². The van der Waals surface area contributed by atoms with E-state index >= 15 is 0 Å². The summed E-state index contributed by atoms with van der Waals surface area (Å²) in [5.74, 6) is 4.58. The molecule has 164 valence electrons. The molecule has 0 amide bonds. The van der Waals surface area contributed by atoms with E-state index in [1.54, 1.807) is 0 Å². The highest BCUT2D eigenvalue weighted by Gasteiger charge is 2.24. The van der Waals surface area contributed by atoms with Gasteiger partial charge in [0.15, 0.2) is 11.5 Å². The summed E-state index contributed by atoms with van der Waals surface area (Å²) in [6, 6.07) is 12.5. The van der Waals surface area contributed by atoms with Gasteiger partial charge in [0.25, 0.3) is 0 Å². The Hall–Kier alpha value is -2.36. The number of hydrogen-bond acceptors (Lipinski definition) is 4. The molecule has 0 aromatic heterocycles. The summed E-state index contributed by atoms with van der Waals surface area (Å²) in [4.78, 5) is 0. The van der Waals surface area contributed by atoms with Gasteiger partial charge in [0, 0.05) is 6.07 Å². The summed E-state index contributed by atoms with van der Waals surface area (Å²) in [6.45, 7) is 12.6. The van der Waals surface area contributed by atoms with Crippen LogP contribution < -0.4 is 18.9 Å². The Morgan fingerprint density at radius 3 is 2.47 bits per heavy atom. The van der Waals surface area contributed by atoms with E-state index in [1.807, 2.05) is 32.0 Å². The van der Waals surface area contributed by atoms with Gasteiger partial charge >= 0.3 is 0 Å². The van der Waals surface area contributed by atoms with Crippen LogP contribution in [0.3, 0.4) is 0 Å². The fourth-order valence-corrected chi connectivity index (χ4v) is 4.03. The summed E-state index contributed by atoms with van der Waals surface area (Å²) >= 11 is 0. The van der Waals surface area contributed by atoms with E-state index in [2.05, 4.69) is 39.0 Å². The molecule has 0 fully saturated rings. The van der Waals surface area contributed by atoms with Crippen LogP contribution in [0.4, 0.5) is 0 Å². The van der Waals surface area contributed by atoms with Crippen LogP contribution in [0.5, 0.6) is 23.0 Å². The molecule has 0 saturated carbocycles. The summed E-state index contributed by atoms with van der Waals surface area (Å²) in [5, 5.41) is 0. The van der Waals surface area contributed by atoms with Crippen molar-refractivity contribution in [3.05, 3.63) is 47.5 Å². The van der Waals surface area contributed by atoms with Gasteiger partial charge in [-0.15, -0.1) is 0 Å². The van der Waals surface area contributed by atoms with Crippen LogP contribution in [0.2, 0.25) is 0 Å². The van der Waals surface area contributed by atoms with Crippen molar-refractivity contribution >= 4 is 0 Å². The van der Waals surface area contributed by atoms with Crippen LogP contribution in [0.1, 0.15) is 52.2 Å². The smallest absolute Gasteiger partial charge is 0.162 e. The second kappa shape index (κ2) is 10.6. The van der Waals surface area contributed by atoms with Gasteiger partial charge in [-0.25, -0.2) is 0 Å². The Morgan fingerprint density at radius 2 is 1.73 bits per heavy atom. The fraction of sp³-hybridized carbons (Fsp3) is 0.538. The molecule has 3 rings (SSSR count). The molecule has 2 unspecified atom stereocenters. The standard InChI is InChI=1S/C26H36O4/c1-6-27-22-10-9-21(25(16-22)28-7-2)13-19(5)14-23-17-29-24-11-8-20(12-18(3)4)15-26(24)30-23/h8-11,15-16,18-19,23H,6-7,12-14,17H2,1-5H3. The monoisotopic (exact) mass is 412 g/mol. The Balaban J connectivity index is 1.62. The van der Waals surface area contributed by atoms with E-state index in [1.165, 1.54) is 11.1 Å². The molecule has 1 heterocycles. The van der Waals surface area contributed by atoms with E-state index in [4.69, 9.17) is 18.9 Å². The molecule has 1 aliphatic heterocycles. The zero-order valence-electron chi connectivity index (χ0n) is 19.1. The highest BCUT2D eigenvalue weighted by atomic mass is 16.6. The van der Waals surface area contributed by atoms with E-state index in [0.29, 0.717) is 31.7 Å². The van der Waals surface area contributed by atoms with Crippen LogP contribution in [0.15, 0.2) is 36.4 Å². The van der Waals surface area contributed by atoms with Crippen molar-refractivity contribution in [1.82, 2.24) is 0 Å². The molecule has 1 aliphatic rings. The zero-order valence-corrected chi connectivity index (χ0v) is 19.1. The summed E-state index contributed by atoms with van der Waals surface area (Å²) in [5.41, 5.74) is 2.51. The Bertz CT molecular complexity index is 815. The average Bonchev–Trinajstić information content (AvgIpc) is 2.69. The predicted octanol–water partition coefficient (Wildman–Crippen LogP) is 6.09. The maximum absolute atomic E-state index is 6.32. The van der Waals surface area contributed by atoms with Crippen molar-refractivity contribution in [3.63, 3.8) is 0 Å². The molecule has 4 nitrogen and oxygen atoms in total. The first-order chi connectivity index (χ1) is 14.5. The highest BCUT2D eigenvalue weighted by molar-refractivity contribution is 5.44. The van der Waals surface area contributed by atoms with Crippen LogP contribution >= 0.6 is 0 Å². The van der Waals surface area contributed by atoms with Crippen LogP contribution in [0, 0.1) is 11.8 Å². The first-order valence-electron chi connectivity index (χ1n) is 11.3. The fourth-order valence-electron chi connectivity index (χ4n) is 4.03. The van der Waals surface area contributed by atoms with E-state index in [0.717, 1.165) is 42.3 Å². The number of ether oxygens (including phenoxy) is 4. The van der Waals surface area contributed by atoms with Crippen molar-refractivity contribution in [3.8, 4) is 23.0 Å². The molecule has 2 aromatic carbocycles. The molecular formula is C26H36O4. The SMILES string of the molecule is CCOc1ccc(CC(C)CC2COc3ccc(CC(C)C)cc3O2)c(OCC)c1. The Morgan fingerprint density at radius 1 is 0.933 bits per heavy atom. The first-order valence-corrected chi connectivity index (χ1v) is 11.3. The van der Waals surface area contributed by atoms with Crippen molar-refractivity contribution in [2.24, 2.45) is 11.8 Å². The van der Waals surface area contributed by atoms with Crippen LogP contribution in [0.25, 0.3) is 0 Å². The van der Waals surface area contributed by atoms with Crippen molar-refractivity contribution in [2.45, 2.75) is 60.0 Å². The normalized spacial score (nSPS) is 16.4. The van der Waals surface area contributed by atoms with Gasteiger partial charge in [0.2, 0.25) is 0 Å². The average molecular weight is 413 g/mol. The molecule has 4 heteroatoms. The zero-order chi connectivity index (χ0) is 21.5. The van der Waals surface area contributed by atoms with Crippen LogP contribution in [-0.2, 0) is 12.8 Å². The van der Waals surface area contributed by atoms with E-state index < -0.39 is 0 Å². The lowest BCUT2D eigenvalue weighted by Crippen LogP contribution is -2.31. The molecule has 0 saturated heterocycles. The highest BCUT2D eigenvalue weighted by Crippen LogP contribution is 2.35. The van der Waals surface area contributed by atoms with Gasteiger partial charge in [-0.05, 0) is 74.3 Å². The third-order valence-electron chi connectivity index (χ3n) is 5.25. The van der Waals surface area contributed by atoms with Gasteiger partial charge in [-0.2, -0.15) is 0 Å². The van der Waals surface area contributed by atoms with E-state index in [-0.39, 0.29) is 6.10 Å². The molecular weight excluding hydrogens is 376 g/mol. The lowest BCUT2D eigenvalue weighted by Gasteiger charge is -2.29. The van der Waals surface area contributed by atoms with Gasteiger partial charge < -0.3 is 18.9 Å². The molecule has 0 bridgehead atoms. The van der Waals surface area contributed by atoms with E-state index in [9.17, 15) is 0 Å². The Labute approximate surface area is 181 Å². The number of fused-ring (bicyclic) bond motifs is 1. The minimum absolute atomic E-state index is 0.0695. The maximum atomic E-state index is 6.32. The third kappa shape index (κ3) is 6.07. The quantitative estimate of drug-likeness (QED) is 0.473. The van der Waals surface area contributed by atoms with Gasteiger partial charge in [-0.1, -0.05) is 32.9 Å². The minimum Gasteiger partial charge on any atom is -0.494 e. The van der Waals surface area contributed by atoms with Crippen molar-refractivity contribution < 1.29 is 18.9 Å². The Kier molecular flexibility index (Phi) is 7.89. The molecule has 0 radical (unpaired) electrons. The van der Waals surface area contributed by atoms with Crippen molar-refractivity contribution in [2.75, 3.05) is 19.8 Å². The molecule has 2 aromatic rings. The third-order valence-corrected chi connectivity index (χ3v) is 5.25. The molecule has 0 aliphatic carbocycles. The second-order valence-electron chi connectivity index (χ2n) is 8.61. The number of benzene rings is 2. The van der Waals surface area contributed by atoms with Crippen LogP contribution in [-0.4, -0.2) is 25.9 Å². The number of rotatable bonds is 10. The topological polar surface area (TPSA) is 36.9 Å². The minimum atomic E-state index is 0.0695.